The second-order valence-corrected chi connectivity index (χ2v) is 7.30. The summed E-state index contributed by atoms with van der Waals surface area (Å²) in [7, 11) is 5.09. The van der Waals surface area contributed by atoms with Crippen LogP contribution in [0.25, 0.3) is 22.0 Å². The predicted octanol–water partition coefficient (Wildman–Crippen LogP) is 4.87. The summed E-state index contributed by atoms with van der Waals surface area (Å²) in [6.45, 7) is 2.07. The van der Waals surface area contributed by atoms with E-state index in [1.807, 2.05) is 31.6 Å². The fourth-order valence-electron chi connectivity index (χ4n) is 3.38. The minimum absolute atomic E-state index is 0.0242. The lowest BCUT2D eigenvalue weighted by molar-refractivity contribution is 0.356. The van der Waals surface area contributed by atoms with Crippen molar-refractivity contribution in [3.63, 3.8) is 0 Å². The van der Waals surface area contributed by atoms with Gasteiger partial charge in [0.05, 0.1) is 25.9 Å². The summed E-state index contributed by atoms with van der Waals surface area (Å²) in [5, 5.41) is 8.68. The number of halogens is 1. The number of rotatable bonds is 6. The smallest absolute Gasteiger partial charge is 0.224 e. The van der Waals surface area contributed by atoms with Crippen LogP contribution in [0, 0.1) is 0 Å². The Balaban J connectivity index is 1.70. The van der Waals surface area contributed by atoms with Crippen molar-refractivity contribution in [2.45, 2.75) is 13.0 Å². The maximum Gasteiger partial charge on any atom is 0.224 e. The first kappa shape index (κ1) is 20.0. The van der Waals surface area contributed by atoms with Crippen molar-refractivity contribution in [2.75, 3.05) is 19.5 Å². The van der Waals surface area contributed by atoms with Gasteiger partial charge in [-0.1, -0.05) is 18.2 Å². The Labute approximate surface area is 179 Å². The van der Waals surface area contributed by atoms with Gasteiger partial charge in [0.2, 0.25) is 5.28 Å². The number of fused-ring (bicyclic) bond motifs is 1. The van der Waals surface area contributed by atoms with Crippen molar-refractivity contribution in [3.05, 3.63) is 59.6 Å². The van der Waals surface area contributed by atoms with Crippen LogP contribution in [0.3, 0.4) is 0 Å². The van der Waals surface area contributed by atoms with Gasteiger partial charge in [0, 0.05) is 36.3 Å². The molecule has 30 heavy (non-hydrogen) atoms. The summed E-state index contributed by atoms with van der Waals surface area (Å²) in [4.78, 5) is 8.74. The first-order valence-corrected chi connectivity index (χ1v) is 9.81. The van der Waals surface area contributed by atoms with Crippen LogP contribution in [-0.2, 0) is 7.05 Å². The normalized spacial score (nSPS) is 12.0. The van der Waals surface area contributed by atoms with Gasteiger partial charge >= 0.3 is 0 Å². The SMILES string of the molecule is COc1cc2nc(Cl)nc(NC(C)c3cccc(-c4cnn(C)c4)c3)c2cc1OC. The minimum atomic E-state index is -0.0242. The van der Waals surface area contributed by atoms with Crippen LogP contribution < -0.4 is 14.8 Å². The zero-order valence-corrected chi connectivity index (χ0v) is 17.9. The van der Waals surface area contributed by atoms with Crippen LogP contribution in [0.4, 0.5) is 5.82 Å². The molecular weight excluding hydrogens is 402 g/mol. The molecule has 0 saturated carbocycles. The summed E-state index contributed by atoms with van der Waals surface area (Å²) in [6, 6.07) is 11.9. The second kappa shape index (κ2) is 8.20. The Morgan fingerprint density at radius 1 is 1.03 bits per heavy atom. The number of aryl methyl sites for hydroxylation is 1. The molecule has 0 radical (unpaired) electrons. The summed E-state index contributed by atoms with van der Waals surface area (Å²) in [5.41, 5.74) is 3.95. The van der Waals surface area contributed by atoms with Crippen molar-refractivity contribution in [1.29, 1.82) is 0 Å². The van der Waals surface area contributed by atoms with Gasteiger partial charge in [-0.3, -0.25) is 4.68 Å². The molecule has 0 aliphatic carbocycles. The number of ether oxygens (including phenoxy) is 2. The topological polar surface area (TPSA) is 74.1 Å². The molecule has 2 heterocycles. The van der Waals surface area contributed by atoms with Crippen LogP contribution in [-0.4, -0.2) is 34.0 Å². The van der Waals surface area contributed by atoms with E-state index in [0.29, 0.717) is 22.8 Å². The van der Waals surface area contributed by atoms with Crippen LogP contribution in [0.5, 0.6) is 11.5 Å². The van der Waals surface area contributed by atoms with E-state index in [4.69, 9.17) is 21.1 Å². The molecule has 1 unspecified atom stereocenters. The lowest BCUT2D eigenvalue weighted by Gasteiger charge is -2.18. The third kappa shape index (κ3) is 3.89. The van der Waals surface area contributed by atoms with Gasteiger partial charge in [-0.15, -0.1) is 0 Å². The summed E-state index contributed by atoms with van der Waals surface area (Å²) < 4.78 is 12.6. The molecule has 2 aromatic carbocycles. The van der Waals surface area contributed by atoms with Crippen molar-refractivity contribution in [3.8, 4) is 22.6 Å². The number of hydrogen-bond acceptors (Lipinski definition) is 6. The lowest BCUT2D eigenvalue weighted by atomic mass is 10.0. The molecule has 0 fully saturated rings. The van der Waals surface area contributed by atoms with Gasteiger partial charge in [-0.05, 0) is 41.8 Å². The van der Waals surface area contributed by atoms with E-state index in [0.717, 1.165) is 22.1 Å². The fourth-order valence-corrected chi connectivity index (χ4v) is 3.56. The maximum atomic E-state index is 6.19. The highest BCUT2D eigenvalue weighted by Gasteiger charge is 2.15. The van der Waals surface area contributed by atoms with Crippen molar-refractivity contribution in [2.24, 2.45) is 7.05 Å². The van der Waals surface area contributed by atoms with Crippen molar-refractivity contribution in [1.82, 2.24) is 19.7 Å². The molecular formula is C22H22ClN5O2. The molecule has 0 saturated heterocycles. The number of anilines is 1. The maximum absolute atomic E-state index is 6.19. The van der Waals surface area contributed by atoms with Gasteiger partial charge in [0.1, 0.15) is 5.82 Å². The number of aromatic nitrogens is 4. The van der Waals surface area contributed by atoms with Crippen LogP contribution >= 0.6 is 11.6 Å². The minimum Gasteiger partial charge on any atom is -0.493 e. The van der Waals surface area contributed by atoms with Crippen molar-refractivity contribution >= 4 is 28.3 Å². The van der Waals surface area contributed by atoms with Gasteiger partial charge < -0.3 is 14.8 Å². The molecule has 0 spiro atoms. The standard InChI is InChI=1S/C22H22ClN5O2/c1-13(14-6-5-7-15(8-14)16-11-24-28(2)12-16)25-21-17-9-19(29-3)20(30-4)10-18(17)26-22(23)27-21/h5-13H,1-4H3,(H,25,26,27). The van der Waals surface area contributed by atoms with E-state index in [-0.39, 0.29) is 11.3 Å². The highest BCUT2D eigenvalue weighted by atomic mass is 35.5. The zero-order valence-electron chi connectivity index (χ0n) is 17.2. The largest absolute Gasteiger partial charge is 0.493 e. The molecule has 1 N–H and O–H groups in total. The second-order valence-electron chi connectivity index (χ2n) is 6.96. The molecule has 154 valence electrons. The summed E-state index contributed by atoms with van der Waals surface area (Å²) in [5.74, 6) is 1.82. The zero-order chi connectivity index (χ0) is 21.3. The Bertz CT molecular complexity index is 1210. The molecule has 4 rings (SSSR count). The predicted molar refractivity (Wildman–Crippen MR) is 118 cm³/mol. The monoisotopic (exact) mass is 423 g/mol. The number of nitrogens with one attached hydrogen (secondary N) is 1. The van der Waals surface area contributed by atoms with Gasteiger partial charge in [0.25, 0.3) is 0 Å². The summed E-state index contributed by atoms with van der Waals surface area (Å²) in [6.07, 6.45) is 3.85. The average Bonchev–Trinajstić information content (AvgIpc) is 3.19. The van der Waals surface area contributed by atoms with E-state index in [9.17, 15) is 0 Å². The molecule has 1 atom stereocenters. The first-order valence-electron chi connectivity index (χ1n) is 9.43. The van der Waals surface area contributed by atoms with Crippen molar-refractivity contribution < 1.29 is 9.47 Å². The molecule has 0 bridgehead atoms. The molecule has 7 nitrogen and oxygen atoms in total. The summed E-state index contributed by atoms with van der Waals surface area (Å²) >= 11 is 6.19. The van der Waals surface area contributed by atoms with Gasteiger partial charge in [0.15, 0.2) is 11.5 Å². The van der Waals surface area contributed by atoms with E-state index >= 15 is 0 Å². The van der Waals surface area contributed by atoms with E-state index in [1.165, 1.54) is 0 Å². The molecule has 8 heteroatoms. The number of benzene rings is 2. The highest BCUT2D eigenvalue weighted by Crippen LogP contribution is 2.35. The molecule has 0 aliphatic rings. The molecule has 0 aliphatic heterocycles. The van der Waals surface area contributed by atoms with Crippen LogP contribution in [0.2, 0.25) is 5.28 Å². The number of hydrogen-bond donors (Lipinski definition) is 1. The fraction of sp³-hybridized carbons (Fsp3) is 0.227. The van der Waals surface area contributed by atoms with Gasteiger partial charge in [-0.25, -0.2) is 9.97 Å². The van der Waals surface area contributed by atoms with E-state index in [1.54, 1.807) is 25.0 Å². The first-order chi connectivity index (χ1) is 14.5. The quantitative estimate of drug-likeness (QED) is 0.446. The van der Waals surface area contributed by atoms with E-state index in [2.05, 4.69) is 45.5 Å². The Morgan fingerprint density at radius 3 is 2.50 bits per heavy atom. The number of nitrogens with zero attached hydrogens (tertiary/aromatic N) is 4. The van der Waals surface area contributed by atoms with Crippen LogP contribution in [0.1, 0.15) is 18.5 Å². The lowest BCUT2D eigenvalue weighted by Crippen LogP contribution is -2.09. The molecule has 2 aromatic heterocycles. The Morgan fingerprint density at radius 2 is 1.80 bits per heavy atom. The Hall–Kier alpha value is -3.32. The van der Waals surface area contributed by atoms with E-state index < -0.39 is 0 Å². The third-order valence-electron chi connectivity index (χ3n) is 4.95. The third-order valence-corrected chi connectivity index (χ3v) is 5.12. The molecule has 4 aromatic rings. The average molecular weight is 424 g/mol. The van der Waals surface area contributed by atoms with Crippen LogP contribution in [0.15, 0.2) is 48.8 Å². The molecule has 0 amide bonds. The van der Waals surface area contributed by atoms with Gasteiger partial charge in [-0.2, -0.15) is 5.10 Å². The number of methoxy groups -OCH3 is 2. The Kier molecular flexibility index (Phi) is 5.46. The highest BCUT2D eigenvalue weighted by molar-refractivity contribution is 6.28.